The van der Waals surface area contributed by atoms with Crippen molar-refractivity contribution < 1.29 is 14.6 Å². The van der Waals surface area contributed by atoms with Gasteiger partial charge in [0.05, 0.1) is 11.7 Å². The Bertz CT molecular complexity index is 638. The third-order valence-corrected chi connectivity index (χ3v) is 4.27. The Balaban J connectivity index is 1.78. The number of nitrogens with zero attached hydrogens (tertiary/aromatic N) is 2. The largest absolute Gasteiger partial charge is 0.458 e. The van der Waals surface area contributed by atoms with Gasteiger partial charge in [0.1, 0.15) is 6.10 Å². The fourth-order valence-corrected chi connectivity index (χ4v) is 3.10. The van der Waals surface area contributed by atoms with Crippen LogP contribution < -0.4 is 0 Å². The van der Waals surface area contributed by atoms with E-state index in [1.165, 1.54) is 0 Å². The number of esters is 1. The number of hydrogen-bond donors (Lipinski definition) is 1. The summed E-state index contributed by atoms with van der Waals surface area (Å²) in [5, 5.41) is 14.2. The molecule has 1 aromatic carbocycles. The maximum Gasteiger partial charge on any atom is 0.338 e. The monoisotopic (exact) mass is 300 g/mol. The van der Waals surface area contributed by atoms with E-state index < -0.39 is 0 Å². The van der Waals surface area contributed by atoms with Crippen molar-refractivity contribution in [2.75, 3.05) is 0 Å². The van der Waals surface area contributed by atoms with Crippen molar-refractivity contribution >= 4 is 5.97 Å². The molecule has 0 radical (unpaired) electrons. The van der Waals surface area contributed by atoms with E-state index in [1.54, 1.807) is 23.0 Å². The van der Waals surface area contributed by atoms with Crippen LogP contribution in [0.2, 0.25) is 0 Å². The summed E-state index contributed by atoms with van der Waals surface area (Å²) in [6.45, 7) is 0. The van der Waals surface area contributed by atoms with Gasteiger partial charge in [-0.25, -0.2) is 4.79 Å². The van der Waals surface area contributed by atoms with E-state index in [2.05, 4.69) is 5.10 Å². The highest BCUT2D eigenvalue weighted by molar-refractivity contribution is 5.89. The molecule has 1 fully saturated rings. The molecule has 3 atom stereocenters. The van der Waals surface area contributed by atoms with E-state index in [4.69, 9.17) is 4.74 Å². The number of benzene rings is 1. The Morgan fingerprint density at radius 2 is 2.05 bits per heavy atom. The molecule has 3 rings (SSSR count). The molecule has 1 saturated carbocycles. The van der Waals surface area contributed by atoms with Gasteiger partial charge in [-0.3, -0.25) is 4.68 Å². The van der Waals surface area contributed by atoms with Gasteiger partial charge in [-0.15, -0.1) is 0 Å². The molecule has 2 aromatic rings. The predicted molar refractivity (Wildman–Crippen MR) is 81.5 cm³/mol. The van der Waals surface area contributed by atoms with Gasteiger partial charge in [-0.2, -0.15) is 5.10 Å². The second kappa shape index (κ2) is 6.32. The number of aliphatic hydroxyl groups excluding tert-OH is 1. The molecule has 1 heterocycles. The van der Waals surface area contributed by atoms with Gasteiger partial charge in [0.15, 0.2) is 0 Å². The highest BCUT2D eigenvalue weighted by atomic mass is 16.5. The molecule has 0 spiro atoms. The highest BCUT2D eigenvalue weighted by Crippen LogP contribution is 2.35. The summed E-state index contributed by atoms with van der Waals surface area (Å²) < 4.78 is 7.51. The Hall–Kier alpha value is -2.14. The van der Waals surface area contributed by atoms with Crippen molar-refractivity contribution in [1.82, 2.24) is 9.78 Å². The normalized spacial score (nSPS) is 24.9. The first kappa shape index (κ1) is 14.8. The first-order valence-electron chi connectivity index (χ1n) is 7.57. The van der Waals surface area contributed by atoms with E-state index in [1.807, 2.05) is 31.3 Å². The maximum atomic E-state index is 12.3. The summed E-state index contributed by atoms with van der Waals surface area (Å²) in [6, 6.07) is 10.9. The zero-order chi connectivity index (χ0) is 15.5. The van der Waals surface area contributed by atoms with Gasteiger partial charge < -0.3 is 9.84 Å². The van der Waals surface area contributed by atoms with Crippen LogP contribution in [0.25, 0.3) is 0 Å². The molecule has 5 heteroatoms. The van der Waals surface area contributed by atoms with Crippen molar-refractivity contribution in [3.05, 3.63) is 53.9 Å². The van der Waals surface area contributed by atoms with E-state index in [9.17, 15) is 9.90 Å². The number of aliphatic hydroxyl groups is 1. The van der Waals surface area contributed by atoms with Crippen LogP contribution in [0.4, 0.5) is 0 Å². The lowest BCUT2D eigenvalue weighted by Gasteiger charge is -2.33. The molecule has 0 amide bonds. The number of carbonyl (C=O) groups excluding carboxylic acids is 1. The maximum absolute atomic E-state index is 12.3. The van der Waals surface area contributed by atoms with Crippen LogP contribution in [-0.4, -0.2) is 33.1 Å². The fourth-order valence-electron chi connectivity index (χ4n) is 3.10. The third kappa shape index (κ3) is 3.04. The van der Waals surface area contributed by atoms with Crippen LogP contribution in [0.5, 0.6) is 0 Å². The third-order valence-electron chi connectivity index (χ3n) is 4.27. The molecule has 22 heavy (non-hydrogen) atoms. The van der Waals surface area contributed by atoms with Crippen molar-refractivity contribution in [1.29, 1.82) is 0 Å². The smallest absolute Gasteiger partial charge is 0.338 e. The van der Waals surface area contributed by atoms with Crippen LogP contribution >= 0.6 is 0 Å². The van der Waals surface area contributed by atoms with Gasteiger partial charge in [-0.1, -0.05) is 18.2 Å². The Morgan fingerprint density at radius 3 is 2.73 bits per heavy atom. The van der Waals surface area contributed by atoms with Crippen molar-refractivity contribution in [3.63, 3.8) is 0 Å². The number of hydrogen-bond acceptors (Lipinski definition) is 4. The van der Waals surface area contributed by atoms with Gasteiger partial charge in [0.2, 0.25) is 0 Å². The molecule has 1 aliphatic rings. The highest BCUT2D eigenvalue weighted by Gasteiger charge is 2.35. The van der Waals surface area contributed by atoms with Crippen LogP contribution in [0.3, 0.4) is 0 Å². The number of rotatable bonds is 3. The summed E-state index contributed by atoms with van der Waals surface area (Å²) in [5.41, 5.74) is 1.54. The first-order valence-corrected chi connectivity index (χ1v) is 7.57. The summed E-state index contributed by atoms with van der Waals surface area (Å²) in [7, 11) is 1.87. The fraction of sp³-hybridized carbons (Fsp3) is 0.412. The van der Waals surface area contributed by atoms with Crippen LogP contribution in [0.15, 0.2) is 42.6 Å². The van der Waals surface area contributed by atoms with Crippen LogP contribution in [-0.2, 0) is 11.8 Å². The number of aromatic nitrogens is 2. The number of carbonyl (C=O) groups is 1. The quantitative estimate of drug-likeness (QED) is 0.883. The molecule has 1 N–H and O–H groups in total. The van der Waals surface area contributed by atoms with Crippen molar-refractivity contribution in [3.8, 4) is 0 Å². The van der Waals surface area contributed by atoms with Gasteiger partial charge in [0, 0.05) is 24.9 Å². The molecule has 5 nitrogen and oxygen atoms in total. The predicted octanol–water partition coefficient (Wildman–Crippen LogP) is 2.27. The topological polar surface area (TPSA) is 64.3 Å². The van der Waals surface area contributed by atoms with E-state index >= 15 is 0 Å². The number of ether oxygens (including phenoxy) is 1. The van der Waals surface area contributed by atoms with E-state index in [0.717, 1.165) is 5.69 Å². The summed E-state index contributed by atoms with van der Waals surface area (Å²) in [6.07, 6.45) is 3.05. The van der Waals surface area contributed by atoms with Crippen molar-refractivity contribution in [2.45, 2.75) is 37.4 Å². The lowest BCUT2D eigenvalue weighted by molar-refractivity contribution is -0.00698. The lowest BCUT2D eigenvalue weighted by atomic mass is 9.82. The molecule has 1 aliphatic carbocycles. The summed E-state index contributed by atoms with van der Waals surface area (Å²) >= 11 is 0. The minimum Gasteiger partial charge on any atom is -0.458 e. The zero-order valence-electron chi connectivity index (χ0n) is 12.6. The van der Waals surface area contributed by atoms with E-state index in [-0.39, 0.29) is 24.1 Å². The zero-order valence-corrected chi connectivity index (χ0v) is 12.6. The summed E-state index contributed by atoms with van der Waals surface area (Å²) in [4.78, 5) is 12.3. The first-order chi connectivity index (χ1) is 10.6. The molecular formula is C17H20N2O3. The van der Waals surface area contributed by atoms with Crippen LogP contribution in [0, 0.1) is 0 Å². The van der Waals surface area contributed by atoms with E-state index in [0.29, 0.717) is 24.8 Å². The molecule has 116 valence electrons. The minimum absolute atomic E-state index is 0.0242. The molecule has 0 aliphatic heterocycles. The number of aryl methyl sites for hydroxylation is 1. The molecule has 3 unspecified atom stereocenters. The van der Waals surface area contributed by atoms with Crippen LogP contribution in [0.1, 0.15) is 41.2 Å². The second-order valence-corrected chi connectivity index (χ2v) is 5.76. The van der Waals surface area contributed by atoms with Gasteiger partial charge in [-0.05, 0) is 37.5 Å². The second-order valence-electron chi connectivity index (χ2n) is 5.76. The molecule has 0 saturated heterocycles. The van der Waals surface area contributed by atoms with Gasteiger partial charge >= 0.3 is 5.97 Å². The average Bonchev–Trinajstić information content (AvgIpc) is 2.96. The molecule has 0 bridgehead atoms. The Kier molecular flexibility index (Phi) is 4.24. The Morgan fingerprint density at radius 1 is 1.27 bits per heavy atom. The summed E-state index contributed by atoms with van der Waals surface area (Å²) in [5.74, 6) is -0.335. The SMILES string of the molecule is Cn1nccc1C1CC(O)CCC1OC(=O)c1ccccc1. The Labute approximate surface area is 129 Å². The molecular weight excluding hydrogens is 280 g/mol. The standard InChI is InChI=1S/C17H20N2O3/c1-19-15(9-10-18-19)14-11-13(20)7-8-16(14)22-17(21)12-5-3-2-4-6-12/h2-6,9-10,13-14,16,20H,7-8,11H2,1H3. The van der Waals surface area contributed by atoms with Gasteiger partial charge in [0.25, 0.3) is 0 Å². The van der Waals surface area contributed by atoms with Crippen molar-refractivity contribution in [2.24, 2.45) is 7.05 Å². The lowest BCUT2D eigenvalue weighted by Crippen LogP contribution is -2.35. The average molecular weight is 300 g/mol. The molecule has 1 aromatic heterocycles. The minimum atomic E-state index is -0.355.